The number of aryl methyl sites for hydroxylation is 1. The van der Waals surface area contributed by atoms with Gasteiger partial charge < -0.3 is 9.57 Å². The number of carbonyl (C=O) groups excluding carboxylic acids is 1. The molecule has 2 N–H and O–H groups in total. The van der Waals surface area contributed by atoms with Crippen LogP contribution in [-0.2, 0) is 14.9 Å². The first-order chi connectivity index (χ1) is 12.8. The maximum Gasteiger partial charge on any atom is 0.335 e. The van der Waals surface area contributed by atoms with Gasteiger partial charge in [0.25, 0.3) is 10.0 Å². The van der Waals surface area contributed by atoms with Crippen LogP contribution in [0.15, 0.2) is 40.4 Å². The van der Waals surface area contributed by atoms with Gasteiger partial charge in [0.15, 0.2) is 5.17 Å². The van der Waals surface area contributed by atoms with E-state index in [2.05, 4.69) is 25.3 Å². The highest BCUT2D eigenvalue weighted by molar-refractivity contribution is 7.90. The highest BCUT2D eigenvalue weighted by Crippen LogP contribution is 2.18. The Bertz CT molecular complexity index is 980. The van der Waals surface area contributed by atoms with Gasteiger partial charge in [0, 0.05) is 17.3 Å². The molecular formula is C15H16ClN5O5S. The largest absolute Gasteiger partial charge is 0.481 e. The number of aromatic nitrogens is 2. The summed E-state index contributed by atoms with van der Waals surface area (Å²) in [6.45, 7) is 1.66. The number of benzene rings is 1. The van der Waals surface area contributed by atoms with Crippen molar-refractivity contribution in [2.75, 3.05) is 19.5 Å². The zero-order valence-corrected chi connectivity index (χ0v) is 16.1. The van der Waals surface area contributed by atoms with Gasteiger partial charge in [-0.05, 0) is 13.0 Å². The maximum absolute atomic E-state index is 12.6. The Kier molecular flexibility index (Phi) is 6.53. The van der Waals surface area contributed by atoms with Gasteiger partial charge in [-0.15, -0.1) is 0 Å². The van der Waals surface area contributed by atoms with Crippen LogP contribution in [0.3, 0.4) is 0 Å². The van der Waals surface area contributed by atoms with Crippen LogP contribution in [0.25, 0.3) is 0 Å². The van der Waals surface area contributed by atoms with Gasteiger partial charge in [-0.25, -0.2) is 22.9 Å². The van der Waals surface area contributed by atoms with Crippen molar-refractivity contribution in [3.63, 3.8) is 0 Å². The lowest BCUT2D eigenvalue weighted by Crippen LogP contribution is -2.35. The molecular weight excluding hydrogens is 398 g/mol. The molecule has 0 radical (unpaired) electrons. The van der Waals surface area contributed by atoms with E-state index in [1.54, 1.807) is 19.1 Å². The molecule has 0 spiro atoms. The van der Waals surface area contributed by atoms with Crippen LogP contribution >= 0.6 is 11.6 Å². The fourth-order valence-corrected chi connectivity index (χ4v) is 3.41. The first kappa shape index (κ1) is 20.4. The predicted molar refractivity (Wildman–Crippen MR) is 98.5 cm³/mol. The first-order valence-electron chi connectivity index (χ1n) is 7.36. The standard InChI is InChI=1S/C15H16ClN5O5S/c1-9-8-12(25-2)18-14(17-9)19-15(22)21-27(23,24)11-7-5-4-6-10(11)13(16)20-26-3/h4-8H,1-3H3,(H2,17,18,19,21,22). The van der Waals surface area contributed by atoms with Gasteiger partial charge in [0.2, 0.25) is 11.8 Å². The molecule has 1 aromatic carbocycles. The Morgan fingerprint density at radius 3 is 2.59 bits per heavy atom. The molecule has 0 unspecified atom stereocenters. The molecule has 2 aromatic rings. The molecule has 0 aliphatic rings. The highest BCUT2D eigenvalue weighted by Gasteiger charge is 2.23. The minimum absolute atomic E-state index is 0.0646. The van der Waals surface area contributed by atoms with E-state index in [4.69, 9.17) is 16.3 Å². The molecule has 1 aromatic heterocycles. The van der Waals surface area contributed by atoms with Crippen molar-refractivity contribution in [3.05, 3.63) is 41.6 Å². The summed E-state index contributed by atoms with van der Waals surface area (Å²) in [5.41, 5.74) is 0.586. The van der Waals surface area contributed by atoms with Crippen molar-refractivity contribution >= 4 is 38.8 Å². The number of ether oxygens (including phenoxy) is 1. The maximum atomic E-state index is 12.6. The fraction of sp³-hybridized carbons (Fsp3) is 0.200. The number of hydrogen-bond donors (Lipinski definition) is 2. The Hall–Kier alpha value is -2.92. The van der Waals surface area contributed by atoms with Gasteiger partial charge in [0.1, 0.15) is 7.11 Å². The lowest BCUT2D eigenvalue weighted by Gasteiger charge is -2.11. The second-order valence-corrected chi connectivity index (χ2v) is 7.00. The van der Waals surface area contributed by atoms with Crippen LogP contribution in [0.4, 0.5) is 10.7 Å². The Morgan fingerprint density at radius 2 is 1.93 bits per heavy atom. The molecule has 2 amide bonds. The van der Waals surface area contributed by atoms with Gasteiger partial charge in [0.05, 0.1) is 12.0 Å². The molecule has 0 aliphatic heterocycles. The smallest absolute Gasteiger partial charge is 0.335 e. The van der Waals surface area contributed by atoms with Gasteiger partial charge in [-0.1, -0.05) is 35.0 Å². The lowest BCUT2D eigenvalue weighted by molar-refractivity contribution is 0.214. The number of anilines is 1. The van der Waals surface area contributed by atoms with Crippen LogP contribution in [0.2, 0.25) is 0 Å². The van der Waals surface area contributed by atoms with Crippen molar-refractivity contribution < 1.29 is 22.8 Å². The molecule has 27 heavy (non-hydrogen) atoms. The molecule has 0 saturated heterocycles. The molecule has 0 saturated carbocycles. The second kappa shape index (κ2) is 8.64. The minimum Gasteiger partial charge on any atom is -0.481 e. The van der Waals surface area contributed by atoms with Crippen LogP contribution < -0.4 is 14.8 Å². The number of carbonyl (C=O) groups is 1. The van der Waals surface area contributed by atoms with Crippen LogP contribution in [0, 0.1) is 6.92 Å². The van der Waals surface area contributed by atoms with Crippen molar-refractivity contribution in [1.29, 1.82) is 0 Å². The third-order valence-corrected chi connectivity index (χ3v) is 4.72. The van der Waals surface area contributed by atoms with E-state index >= 15 is 0 Å². The molecule has 2 rings (SSSR count). The van der Waals surface area contributed by atoms with Gasteiger partial charge in [-0.3, -0.25) is 5.32 Å². The average molecular weight is 414 g/mol. The number of amides is 2. The molecule has 1 heterocycles. The zero-order valence-electron chi connectivity index (χ0n) is 14.6. The van der Waals surface area contributed by atoms with E-state index in [0.29, 0.717) is 5.69 Å². The number of rotatable bonds is 6. The molecule has 10 nitrogen and oxygen atoms in total. The van der Waals surface area contributed by atoms with Crippen molar-refractivity contribution in [3.8, 4) is 5.88 Å². The third kappa shape index (κ3) is 5.28. The van der Waals surface area contributed by atoms with Crippen LogP contribution in [0.1, 0.15) is 11.3 Å². The predicted octanol–water partition coefficient (Wildman–Crippen LogP) is 1.85. The Morgan fingerprint density at radius 1 is 1.22 bits per heavy atom. The van der Waals surface area contributed by atoms with Crippen molar-refractivity contribution in [2.24, 2.45) is 5.16 Å². The first-order valence-corrected chi connectivity index (χ1v) is 9.22. The number of nitrogens with zero attached hydrogens (tertiary/aromatic N) is 3. The van der Waals surface area contributed by atoms with Gasteiger partial charge >= 0.3 is 6.03 Å². The minimum atomic E-state index is -4.27. The molecule has 0 aliphatic carbocycles. The topological polar surface area (TPSA) is 132 Å². The SMILES string of the molecule is CON=C(Cl)c1ccccc1S(=O)(=O)NC(=O)Nc1nc(C)cc(OC)n1. The van der Waals surface area contributed by atoms with Gasteiger partial charge in [-0.2, -0.15) is 4.98 Å². The Balaban J connectivity index is 2.26. The van der Waals surface area contributed by atoms with Crippen LogP contribution in [0.5, 0.6) is 5.88 Å². The number of oxime groups is 1. The van der Waals surface area contributed by atoms with E-state index in [9.17, 15) is 13.2 Å². The van der Waals surface area contributed by atoms with Crippen LogP contribution in [-0.4, -0.2) is 43.8 Å². The summed E-state index contributed by atoms with van der Waals surface area (Å²) in [6.07, 6.45) is 0. The summed E-state index contributed by atoms with van der Waals surface area (Å²) in [5.74, 6) is 0.0976. The normalized spacial score (nSPS) is 11.6. The van der Waals surface area contributed by atoms with E-state index < -0.39 is 16.1 Å². The molecule has 12 heteroatoms. The number of methoxy groups -OCH3 is 1. The molecule has 0 atom stereocenters. The van der Waals surface area contributed by atoms with E-state index in [1.807, 2.05) is 4.72 Å². The summed E-state index contributed by atoms with van der Waals surface area (Å²) < 4.78 is 32.0. The third-order valence-electron chi connectivity index (χ3n) is 3.06. The second-order valence-electron chi connectivity index (χ2n) is 5.00. The summed E-state index contributed by atoms with van der Waals surface area (Å²) in [7, 11) is -1.60. The summed E-state index contributed by atoms with van der Waals surface area (Å²) >= 11 is 5.93. The number of urea groups is 1. The zero-order chi connectivity index (χ0) is 20.0. The van der Waals surface area contributed by atoms with E-state index in [-0.39, 0.29) is 27.5 Å². The average Bonchev–Trinajstić information content (AvgIpc) is 2.60. The fourth-order valence-electron chi connectivity index (χ4n) is 2.00. The summed E-state index contributed by atoms with van der Waals surface area (Å²) in [6, 6.07) is 6.22. The number of sulfonamides is 1. The summed E-state index contributed by atoms with van der Waals surface area (Å²) in [4.78, 5) is 24.3. The monoisotopic (exact) mass is 413 g/mol. The molecule has 0 bridgehead atoms. The number of halogens is 1. The Labute approximate surface area is 160 Å². The molecule has 144 valence electrons. The highest BCUT2D eigenvalue weighted by atomic mass is 35.5. The van der Waals surface area contributed by atoms with E-state index in [0.717, 1.165) is 0 Å². The van der Waals surface area contributed by atoms with Crippen molar-refractivity contribution in [1.82, 2.24) is 14.7 Å². The quantitative estimate of drug-likeness (QED) is 0.545. The molecule has 0 fully saturated rings. The van der Waals surface area contributed by atoms with Crippen molar-refractivity contribution in [2.45, 2.75) is 11.8 Å². The number of hydrogen-bond acceptors (Lipinski definition) is 8. The van der Waals surface area contributed by atoms with E-state index in [1.165, 1.54) is 32.4 Å². The number of nitrogens with one attached hydrogen (secondary N) is 2. The lowest BCUT2D eigenvalue weighted by atomic mass is 10.2. The summed E-state index contributed by atoms with van der Waals surface area (Å²) in [5, 5.41) is 5.55.